The number of nitro groups is 1. The maximum absolute atomic E-state index is 12.5. The van der Waals surface area contributed by atoms with E-state index in [1.54, 1.807) is 18.2 Å². The van der Waals surface area contributed by atoms with Gasteiger partial charge in [-0.3, -0.25) is 19.7 Å². The number of nitrogens with one attached hydrogen (secondary N) is 2. The van der Waals surface area contributed by atoms with Crippen molar-refractivity contribution in [2.45, 2.75) is 26.3 Å². The molecular formula is C18H16ClN3O5S. The van der Waals surface area contributed by atoms with Gasteiger partial charge in [0.05, 0.1) is 21.5 Å². The third-order valence-corrected chi connectivity index (χ3v) is 5.34. The van der Waals surface area contributed by atoms with Gasteiger partial charge in [0, 0.05) is 10.9 Å². The van der Waals surface area contributed by atoms with E-state index in [1.807, 2.05) is 20.8 Å². The lowest BCUT2D eigenvalue weighted by molar-refractivity contribution is -0.402. The third kappa shape index (κ3) is 4.00. The Kier molecular flexibility index (Phi) is 5.14. The number of carbonyl (C=O) groups excluding carboxylic acids is 2. The first kappa shape index (κ1) is 19.8. The minimum absolute atomic E-state index is 0.197. The molecule has 2 amide bonds. The van der Waals surface area contributed by atoms with Gasteiger partial charge in [0.15, 0.2) is 5.76 Å². The van der Waals surface area contributed by atoms with Gasteiger partial charge >= 0.3 is 5.88 Å². The minimum Gasteiger partial charge on any atom is -0.395 e. The first-order valence-electron chi connectivity index (χ1n) is 8.16. The number of rotatable bonds is 4. The van der Waals surface area contributed by atoms with E-state index in [1.165, 1.54) is 6.07 Å². The van der Waals surface area contributed by atoms with Crippen LogP contribution in [0.3, 0.4) is 0 Å². The standard InChI is InChI=1S/C18H16ClN3O5S/c1-18(2,3)21-17(24)15-13(19)9-5-4-6-10(14(9)28-15)20-16(23)11-7-8-12(27-11)22(25)26/h4-8H,1-3H3,(H,20,23)(H,21,24). The van der Waals surface area contributed by atoms with E-state index in [0.717, 1.165) is 17.4 Å². The Hall–Kier alpha value is -2.91. The van der Waals surface area contributed by atoms with Crippen LogP contribution in [0.2, 0.25) is 5.02 Å². The molecule has 0 fully saturated rings. The highest BCUT2D eigenvalue weighted by molar-refractivity contribution is 7.22. The van der Waals surface area contributed by atoms with Crippen molar-refractivity contribution < 1.29 is 18.9 Å². The van der Waals surface area contributed by atoms with Crippen LogP contribution in [0.25, 0.3) is 10.1 Å². The monoisotopic (exact) mass is 421 g/mol. The van der Waals surface area contributed by atoms with Crippen molar-refractivity contribution in [2.24, 2.45) is 0 Å². The maximum atomic E-state index is 12.5. The first-order chi connectivity index (χ1) is 13.1. The van der Waals surface area contributed by atoms with E-state index in [0.29, 0.717) is 25.7 Å². The summed E-state index contributed by atoms with van der Waals surface area (Å²) in [6.07, 6.45) is 0. The Morgan fingerprint density at radius 3 is 2.50 bits per heavy atom. The molecule has 3 aromatic rings. The number of hydrogen-bond acceptors (Lipinski definition) is 6. The fourth-order valence-corrected chi connectivity index (χ4v) is 3.93. The summed E-state index contributed by atoms with van der Waals surface area (Å²) in [6.45, 7) is 5.58. The Bertz CT molecular complexity index is 1100. The molecule has 146 valence electrons. The van der Waals surface area contributed by atoms with Crippen LogP contribution < -0.4 is 10.6 Å². The van der Waals surface area contributed by atoms with Crippen LogP contribution in [0.5, 0.6) is 0 Å². The van der Waals surface area contributed by atoms with Crippen molar-refractivity contribution in [2.75, 3.05) is 5.32 Å². The van der Waals surface area contributed by atoms with Gasteiger partial charge in [0.1, 0.15) is 9.80 Å². The number of thiophene rings is 1. The summed E-state index contributed by atoms with van der Waals surface area (Å²) in [6, 6.07) is 7.40. The summed E-state index contributed by atoms with van der Waals surface area (Å²) < 4.78 is 5.53. The predicted molar refractivity (Wildman–Crippen MR) is 107 cm³/mol. The highest BCUT2D eigenvalue weighted by atomic mass is 35.5. The van der Waals surface area contributed by atoms with Crippen molar-refractivity contribution in [1.29, 1.82) is 0 Å². The molecule has 0 aliphatic heterocycles. The summed E-state index contributed by atoms with van der Waals surface area (Å²) >= 11 is 7.54. The van der Waals surface area contributed by atoms with Gasteiger partial charge in [0.2, 0.25) is 0 Å². The second-order valence-corrected chi connectivity index (χ2v) is 8.38. The molecule has 0 aliphatic carbocycles. The Morgan fingerprint density at radius 2 is 1.89 bits per heavy atom. The summed E-state index contributed by atoms with van der Waals surface area (Å²) in [5, 5.41) is 17.1. The van der Waals surface area contributed by atoms with Crippen molar-refractivity contribution >= 4 is 56.4 Å². The number of carbonyl (C=O) groups is 2. The summed E-state index contributed by atoms with van der Waals surface area (Å²) in [7, 11) is 0. The van der Waals surface area contributed by atoms with E-state index in [-0.39, 0.29) is 11.7 Å². The molecular weight excluding hydrogens is 406 g/mol. The molecule has 0 saturated carbocycles. The van der Waals surface area contributed by atoms with Gasteiger partial charge in [-0.25, -0.2) is 0 Å². The smallest absolute Gasteiger partial charge is 0.395 e. The van der Waals surface area contributed by atoms with Crippen LogP contribution in [0.15, 0.2) is 34.7 Å². The number of nitrogens with zero attached hydrogens (tertiary/aromatic N) is 1. The molecule has 3 rings (SSSR count). The molecule has 2 heterocycles. The molecule has 0 unspecified atom stereocenters. The zero-order valence-corrected chi connectivity index (χ0v) is 16.7. The molecule has 10 heteroatoms. The number of anilines is 1. The van der Waals surface area contributed by atoms with Crippen LogP contribution in [-0.2, 0) is 0 Å². The highest BCUT2D eigenvalue weighted by Crippen LogP contribution is 2.39. The first-order valence-corrected chi connectivity index (χ1v) is 9.35. The molecule has 2 N–H and O–H groups in total. The SMILES string of the molecule is CC(C)(C)NC(=O)c1sc2c(NC(=O)c3ccc([N+](=O)[O-])o3)cccc2c1Cl. The van der Waals surface area contributed by atoms with Crippen molar-refractivity contribution in [3.8, 4) is 0 Å². The Morgan fingerprint density at radius 1 is 1.18 bits per heavy atom. The number of benzene rings is 1. The fraction of sp³-hybridized carbons (Fsp3) is 0.222. The number of furan rings is 1. The summed E-state index contributed by atoms with van der Waals surface area (Å²) in [4.78, 5) is 35.2. The molecule has 8 nitrogen and oxygen atoms in total. The molecule has 0 radical (unpaired) electrons. The lowest BCUT2D eigenvalue weighted by Gasteiger charge is -2.19. The fourth-order valence-electron chi connectivity index (χ4n) is 2.46. The molecule has 0 spiro atoms. The average molecular weight is 422 g/mol. The molecule has 28 heavy (non-hydrogen) atoms. The summed E-state index contributed by atoms with van der Waals surface area (Å²) in [5.74, 6) is -1.68. The lowest BCUT2D eigenvalue weighted by Crippen LogP contribution is -2.40. The number of hydrogen-bond donors (Lipinski definition) is 2. The zero-order valence-electron chi connectivity index (χ0n) is 15.2. The van der Waals surface area contributed by atoms with Crippen LogP contribution in [0.1, 0.15) is 41.0 Å². The minimum atomic E-state index is -0.726. The predicted octanol–water partition coefficient (Wildman–Crippen LogP) is 4.84. The maximum Gasteiger partial charge on any atom is 0.433 e. The van der Waals surface area contributed by atoms with Gasteiger partial charge in [0.25, 0.3) is 11.8 Å². The zero-order chi connectivity index (χ0) is 20.6. The van der Waals surface area contributed by atoms with E-state index >= 15 is 0 Å². The lowest BCUT2D eigenvalue weighted by atomic mass is 10.1. The third-order valence-electron chi connectivity index (χ3n) is 3.59. The van der Waals surface area contributed by atoms with E-state index in [4.69, 9.17) is 16.0 Å². The molecule has 0 saturated heterocycles. The molecule has 0 bridgehead atoms. The van der Waals surface area contributed by atoms with Crippen LogP contribution in [-0.4, -0.2) is 22.3 Å². The topological polar surface area (TPSA) is 114 Å². The second-order valence-electron chi connectivity index (χ2n) is 6.98. The van der Waals surface area contributed by atoms with Gasteiger partial charge in [-0.05, 0) is 32.9 Å². The van der Waals surface area contributed by atoms with E-state index in [9.17, 15) is 19.7 Å². The second kappa shape index (κ2) is 7.25. The van der Waals surface area contributed by atoms with Crippen LogP contribution in [0.4, 0.5) is 11.6 Å². The number of halogens is 1. The normalized spacial score (nSPS) is 11.4. The Balaban J connectivity index is 1.93. The molecule has 1 aromatic carbocycles. The molecule has 0 aliphatic rings. The van der Waals surface area contributed by atoms with E-state index in [2.05, 4.69) is 10.6 Å². The highest BCUT2D eigenvalue weighted by Gasteiger charge is 2.23. The van der Waals surface area contributed by atoms with E-state index < -0.39 is 22.3 Å². The number of fused-ring (bicyclic) bond motifs is 1. The van der Waals surface area contributed by atoms with Gasteiger partial charge in [-0.15, -0.1) is 11.3 Å². The Labute approximate surface area is 168 Å². The molecule has 2 aromatic heterocycles. The summed E-state index contributed by atoms with van der Waals surface area (Å²) in [5.41, 5.74) is -0.00925. The van der Waals surface area contributed by atoms with Gasteiger partial charge in [-0.2, -0.15) is 0 Å². The van der Waals surface area contributed by atoms with Crippen LogP contribution >= 0.6 is 22.9 Å². The average Bonchev–Trinajstić information content (AvgIpc) is 3.20. The van der Waals surface area contributed by atoms with Gasteiger partial charge < -0.3 is 15.1 Å². The van der Waals surface area contributed by atoms with Crippen molar-refractivity contribution in [1.82, 2.24) is 5.32 Å². The largest absolute Gasteiger partial charge is 0.433 e. The van der Waals surface area contributed by atoms with Crippen molar-refractivity contribution in [3.05, 3.63) is 56.1 Å². The quantitative estimate of drug-likeness (QED) is 0.462. The van der Waals surface area contributed by atoms with Gasteiger partial charge in [-0.1, -0.05) is 23.7 Å². The van der Waals surface area contributed by atoms with Crippen molar-refractivity contribution in [3.63, 3.8) is 0 Å². The molecule has 0 atom stereocenters. The number of amides is 2. The van der Waals surface area contributed by atoms with Crippen LogP contribution in [0, 0.1) is 10.1 Å².